The number of hydrogen-bond donors (Lipinski definition) is 0. The van der Waals surface area contributed by atoms with E-state index >= 15 is 0 Å². The van der Waals surface area contributed by atoms with Crippen LogP contribution in [0.5, 0.6) is 0 Å². The van der Waals surface area contributed by atoms with Crippen LogP contribution in [-0.2, 0) is 19.4 Å². The van der Waals surface area contributed by atoms with E-state index in [1.54, 1.807) is 11.0 Å². The fourth-order valence-corrected chi connectivity index (χ4v) is 2.33. The highest BCUT2D eigenvalue weighted by Crippen LogP contribution is 2.22. The second-order valence-corrected chi connectivity index (χ2v) is 4.33. The number of rotatable bonds is 2. The Kier molecular flexibility index (Phi) is 2.37. The maximum Gasteiger partial charge on any atom is 0.252 e. The van der Waals surface area contributed by atoms with Crippen LogP contribution in [0.3, 0.4) is 0 Å². The van der Waals surface area contributed by atoms with E-state index in [-0.39, 0.29) is 5.82 Å². The van der Waals surface area contributed by atoms with E-state index in [1.807, 2.05) is 6.07 Å². The highest BCUT2D eigenvalue weighted by Gasteiger charge is 2.11. The first kappa shape index (κ1) is 10.0. The molecular weight excluding hydrogens is 212 g/mol. The van der Waals surface area contributed by atoms with E-state index < -0.39 is 0 Å². The Morgan fingerprint density at radius 3 is 3.00 bits per heavy atom. The standard InChI is InChI=1S/C13H12N4/c14-7-13-15-9-17(16-13)8-10-4-5-11-2-1-3-12(11)6-10/h4-6,9H,1-3,8H2. The first-order chi connectivity index (χ1) is 8.35. The molecule has 17 heavy (non-hydrogen) atoms. The van der Waals surface area contributed by atoms with Crippen LogP contribution in [-0.4, -0.2) is 14.8 Å². The molecule has 4 heteroatoms. The summed E-state index contributed by atoms with van der Waals surface area (Å²) in [6.45, 7) is 0.682. The van der Waals surface area contributed by atoms with Crippen molar-refractivity contribution < 1.29 is 0 Å². The Morgan fingerprint density at radius 2 is 2.18 bits per heavy atom. The number of aryl methyl sites for hydroxylation is 2. The SMILES string of the molecule is N#Cc1ncn(Cc2ccc3c(c2)CCC3)n1. The lowest BCUT2D eigenvalue weighted by Gasteiger charge is -2.04. The maximum absolute atomic E-state index is 8.66. The zero-order valence-electron chi connectivity index (χ0n) is 9.43. The molecule has 0 unspecified atom stereocenters. The maximum atomic E-state index is 8.66. The van der Waals surface area contributed by atoms with Gasteiger partial charge in [0.1, 0.15) is 12.4 Å². The molecule has 0 bridgehead atoms. The van der Waals surface area contributed by atoms with Crippen LogP contribution in [0.2, 0.25) is 0 Å². The molecule has 1 aliphatic carbocycles. The number of nitrogens with zero attached hydrogens (tertiary/aromatic N) is 4. The zero-order valence-corrected chi connectivity index (χ0v) is 9.43. The zero-order chi connectivity index (χ0) is 11.7. The van der Waals surface area contributed by atoms with Crippen molar-refractivity contribution in [2.45, 2.75) is 25.8 Å². The van der Waals surface area contributed by atoms with Crippen molar-refractivity contribution in [2.24, 2.45) is 0 Å². The van der Waals surface area contributed by atoms with Gasteiger partial charge in [0, 0.05) is 0 Å². The second kappa shape index (κ2) is 4.02. The Labute approximate surface area is 99.5 Å². The molecule has 4 nitrogen and oxygen atoms in total. The average Bonchev–Trinajstić information content (AvgIpc) is 2.96. The summed E-state index contributed by atoms with van der Waals surface area (Å²) in [6, 6.07) is 8.52. The normalized spacial score (nSPS) is 13.4. The summed E-state index contributed by atoms with van der Waals surface area (Å²) in [5, 5.41) is 12.7. The van der Waals surface area contributed by atoms with Crippen molar-refractivity contribution in [3.8, 4) is 6.07 Å². The Morgan fingerprint density at radius 1 is 1.29 bits per heavy atom. The minimum Gasteiger partial charge on any atom is -0.247 e. The molecule has 0 N–H and O–H groups in total. The average molecular weight is 224 g/mol. The Bertz CT molecular complexity index is 592. The minimum atomic E-state index is 0.228. The Balaban J connectivity index is 1.83. The summed E-state index contributed by atoms with van der Waals surface area (Å²) in [6.07, 6.45) is 5.26. The summed E-state index contributed by atoms with van der Waals surface area (Å²) in [7, 11) is 0. The molecule has 0 saturated carbocycles. The molecule has 1 aliphatic rings. The third kappa shape index (κ3) is 1.92. The van der Waals surface area contributed by atoms with Gasteiger partial charge in [-0.2, -0.15) is 5.26 Å². The molecule has 0 saturated heterocycles. The second-order valence-electron chi connectivity index (χ2n) is 4.33. The fraction of sp³-hybridized carbons (Fsp3) is 0.308. The van der Waals surface area contributed by atoms with Gasteiger partial charge in [0.15, 0.2) is 0 Å². The molecule has 1 aromatic carbocycles. The number of hydrogen-bond acceptors (Lipinski definition) is 3. The van der Waals surface area contributed by atoms with Crippen molar-refractivity contribution in [3.63, 3.8) is 0 Å². The molecule has 0 atom stereocenters. The quantitative estimate of drug-likeness (QED) is 0.780. The third-order valence-electron chi connectivity index (χ3n) is 3.14. The van der Waals surface area contributed by atoms with Crippen molar-refractivity contribution in [2.75, 3.05) is 0 Å². The third-order valence-corrected chi connectivity index (χ3v) is 3.14. The predicted molar refractivity (Wildman–Crippen MR) is 62.3 cm³/mol. The van der Waals surface area contributed by atoms with E-state index in [4.69, 9.17) is 5.26 Å². The van der Waals surface area contributed by atoms with E-state index in [1.165, 1.54) is 36.0 Å². The Hall–Kier alpha value is -2.15. The van der Waals surface area contributed by atoms with Crippen LogP contribution < -0.4 is 0 Å². The topological polar surface area (TPSA) is 54.5 Å². The van der Waals surface area contributed by atoms with Crippen LogP contribution >= 0.6 is 0 Å². The molecule has 0 spiro atoms. The predicted octanol–water partition coefficient (Wildman–Crippen LogP) is 1.69. The molecule has 1 aromatic heterocycles. The molecule has 0 fully saturated rings. The van der Waals surface area contributed by atoms with Gasteiger partial charge in [0.05, 0.1) is 6.54 Å². The number of fused-ring (bicyclic) bond motifs is 1. The first-order valence-corrected chi connectivity index (χ1v) is 5.75. The highest BCUT2D eigenvalue weighted by molar-refractivity contribution is 5.35. The van der Waals surface area contributed by atoms with E-state index in [0.717, 1.165) is 0 Å². The van der Waals surface area contributed by atoms with Gasteiger partial charge in [-0.25, -0.2) is 9.67 Å². The first-order valence-electron chi connectivity index (χ1n) is 5.75. The van der Waals surface area contributed by atoms with Crippen LogP contribution in [0.25, 0.3) is 0 Å². The lowest BCUT2D eigenvalue weighted by Crippen LogP contribution is -2.01. The smallest absolute Gasteiger partial charge is 0.247 e. The van der Waals surface area contributed by atoms with Gasteiger partial charge in [-0.05, 0) is 36.0 Å². The number of aromatic nitrogens is 3. The lowest BCUT2D eigenvalue weighted by molar-refractivity contribution is 0.682. The van der Waals surface area contributed by atoms with Gasteiger partial charge in [0.25, 0.3) is 5.82 Å². The summed E-state index contributed by atoms with van der Waals surface area (Å²) in [5.41, 5.74) is 4.16. The van der Waals surface area contributed by atoms with Gasteiger partial charge in [-0.1, -0.05) is 18.2 Å². The molecule has 0 amide bonds. The van der Waals surface area contributed by atoms with Gasteiger partial charge < -0.3 is 0 Å². The van der Waals surface area contributed by atoms with Crippen LogP contribution in [0.4, 0.5) is 0 Å². The minimum absolute atomic E-state index is 0.228. The lowest BCUT2D eigenvalue weighted by atomic mass is 10.1. The summed E-state index contributed by atoms with van der Waals surface area (Å²) >= 11 is 0. The van der Waals surface area contributed by atoms with Crippen molar-refractivity contribution in [1.29, 1.82) is 5.26 Å². The molecule has 84 valence electrons. The molecule has 3 rings (SSSR count). The van der Waals surface area contributed by atoms with Crippen LogP contribution in [0.1, 0.15) is 28.9 Å². The molecule has 0 aliphatic heterocycles. The largest absolute Gasteiger partial charge is 0.252 e. The van der Waals surface area contributed by atoms with Gasteiger partial charge in [-0.15, -0.1) is 5.10 Å². The molecule has 0 radical (unpaired) electrons. The highest BCUT2D eigenvalue weighted by atomic mass is 15.3. The van der Waals surface area contributed by atoms with Gasteiger partial charge in [0.2, 0.25) is 0 Å². The van der Waals surface area contributed by atoms with E-state index in [0.29, 0.717) is 6.54 Å². The van der Waals surface area contributed by atoms with Gasteiger partial charge in [-0.3, -0.25) is 0 Å². The van der Waals surface area contributed by atoms with E-state index in [2.05, 4.69) is 28.3 Å². The van der Waals surface area contributed by atoms with Crippen molar-refractivity contribution >= 4 is 0 Å². The van der Waals surface area contributed by atoms with Crippen LogP contribution in [0.15, 0.2) is 24.5 Å². The number of nitriles is 1. The summed E-state index contributed by atoms with van der Waals surface area (Å²) in [5.74, 6) is 0.228. The number of benzene rings is 1. The summed E-state index contributed by atoms with van der Waals surface area (Å²) < 4.78 is 1.70. The van der Waals surface area contributed by atoms with Crippen molar-refractivity contribution in [1.82, 2.24) is 14.8 Å². The molecule has 2 aromatic rings. The van der Waals surface area contributed by atoms with Crippen LogP contribution in [0, 0.1) is 11.3 Å². The van der Waals surface area contributed by atoms with Gasteiger partial charge >= 0.3 is 0 Å². The van der Waals surface area contributed by atoms with E-state index in [9.17, 15) is 0 Å². The fourth-order valence-electron chi connectivity index (χ4n) is 2.33. The molecule has 1 heterocycles. The van der Waals surface area contributed by atoms with Crippen molar-refractivity contribution in [3.05, 3.63) is 47.0 Å². The summed E-state index contributed by atoms with van der Waals surface area (Å²) in [4.78, 5) is 3.89. The monoisotopic (exact) mass is 224 g/mol. The molecular formula is C13H12N4.